The van der Waals surface area contributed by atoms with Crippen LogP contribution in [0.15, 0.2) is 6.07 Å². The highest BCUT2D eigenvalue weighted by molar-refractivity contribution is 5.97. The van der Waals surface area contributed by atoms with Crippen molar-refractivity contribution in [2.75, 3.05) is 0 Å². The number of carboxylic acids is 2. The number of carboxylic acid groups (broad SMARTS) is 2. The minimum Gasteiger partial charge on any atom is -0.507 e. The highest BCUT2D eigenvalue weighted by atomic mass is 16.4. The number of aromatic hydroxyl groups is 1. The van der Waals surface area contributed by atoms with E-state index in [0.29, 0.717) is 0 Å². The van der Waals surface area contributed by atoms with Crippen molar-refractivity contribution in [2.45, 2.75) is 13.8 Å². The predicted octanol–water partition coefficient (Wildman–Crippen LogP) is 1.41. The third kappa shape index (κ3) is 1.76. The van der Waals surface area contributed by atoms with Gasteiger partial charge in [0.2, 0.25) is 0 Å². The van der Waals surface area contributed by atoms with E-state index in [1.165, 1.54) is 19.9 Å². The van der Waals surface area contributed by atoms with Crippen molar-refractivity contribution >= 4 is 11.9 Å². The third-order valence-electron chi connectivity index (χ3n) is 2.20. The van der Waals surface area contributed by atoms with Crippen molar-refractivity contribution in [2.24, 2.45) is 0 Å². The van der Waals surface area contributed by atoms with Crippen LogP contribution in [0.1, 0.15) is 31.8 Å². The molecule has 0 fully saturated rings. The maximum atomic E-state index is 10.8. The summed E-state index contributed by atoms with van der Waals surface area (Å²) in [5, 5.41) is 27.1. The summed E-state index contributed by atoms with van der Waals surface area (Å²) >= 11 is 0. The van der Waals surface area contributed by atoms with Crippen LogP contribution in [0, 0.1) is 13.8 Å². The first kappa shape index (κ1) is 11.0. The van der Waals surface area contributed by atoms with Gasteiger partial charge in [0, 0.05) is 5.56 Å². The van der Waals surface area contributed by atoms with Gasteiger partial charge in [0.05, 0.1) is 5.56 Å². The molecule has 0 atom stereocenters. The number of hydrogen-bond donors (Lipinski definition) is 3. The fraction of sp³-hybridized carbons (Fsp3) is 0.200. The van der Waals surface area contributed by atoms with E-state index < -0.39 is 17.7 Å². The van der Waals surface area contributed by atoms with E-state index in [-0.39, 0.29) is 22.3 Å². The average Bonchev–Trinajstić information content (AvgIpc) is 2.10. The molecule has 5 heteroatoms. The summed E-state index contributed by atoms with van der Waals surface area (Å²) in [7, 11) is 0. The molecule has 0 saturated heterocycles. The zero-order valence-electron chi connectivity index (χ0n) is 8.24. The molecule has 80 valence electrons. The van der Waals surface area contributed by atoms with Crippen molar-refractivity contribution in [3.8, 4) is 5.75 Å². The van der Waals surface area contributed by atoms with Gasteiger partial charge in [-0.05, 0) is 25.5 Å². The number of rotatable bonds is 2. The lowest BCUT2D eigenvalue weighted by molar-refractivity contribution is 0.0676. The van der Waals surface area contributed by atoms with Gasteiger partial charge in [0.15, 0.2) is 0 Å². The van der Waals surface area contributed by atoms with Gasteiger partial charge in [0.25, 0.3) is 0 Å². The van der Waals surface area contributed by atoms with Crippen LogP contribution in [0.3, 0.4) is 0 Å². The quantitative estimate of drug-likeness (QED) is 0.685. The smallest absolute Gasteiger partial charge is 0.339 e. The molecule has 0 unspecified atom stereocenters. The molecule has 15 heavy (non-hydrogen) atoms. The van der Waals surface area contributed by atoms with Crippen LogP contribution < -0.4 is 0 Å². The lowest BCUT2D eigenvalue weighted by Gasteiger charge is -2.09. The molecule has 5 nitrogen and oxygen atoms in total. The Labute approximate surface area is 85.6 Å². The van der Waals surface area contributed by atoms with Gasteiger partial charge in [0.1, 0.15) is 11.3 Å². The van der Waals surface area contributed by atoms with E-state index in [2.05, 4.69) is 0 Å². The SMILES string of the molecule is Cc1cc(C(=O)O)c(C)c(O)c1C(=O)O. The van der Waals surface area contributed by atoms with Crippen LogP contribution in [0.4, 0.5) is 0 Å². The Morgan fingerprint density at radius 1 is 1.13 bits per heavy atom. The Bertz CT molecular complexity index is 448. The fourth-order valence-electron chi connectivity index (χ4n) is 1.39. The molecule has 0 bridgehead atoms. The van der Waals surface area contributed by atoms with E-state index in [0.717, 1.165) is 0 Å². The van der Waals surface area contributed by atoms with Crippen LogP contribution in [-0.4, -0.2) is 27.3 Å². The maximum absolute atomic E-state index is 10.8. The summed E-state index contributed by atoms with van der Waals surface area (Å²) in [6, 6.07) is 1.24. The Morgan fingerprint density at radius 2 is 1.67 bits per heavy atom. The lowest BCUT2D eigenvalue weighted by atomic mass is 9.98. The molecular formula is C10H10O5. The molecule has 0 amide bonds. The summed E-state index contributed by atoms with van der Waals surface area (Å²) in [6.07, 6.45) is 0. The fourth-order valence-corrected chi connectivity index (χ4v) is 1.39. The highest BCUT2D eigenvalue weighted by Crippen LogP contribution is 2.28. The molecule has 0 aliphatic rings. The van der Waals surface area contributed by atoms with Crippen molar-refractivity contribution in [1.29, 1.82) is 0 Å². The Kier molecular flexibility index (Phi) is 2.65. The van der Waals surface area contributed by atoms with Gasteiger partial charge in [-0.15, -0.1) is 0 Å². The van der Waals surface area contributed by atoms with Crippen molar-refractivity contribution < 1.29 is 24.9 Å². The minimum atomic E-state index is -1.27. The maximum Gasteiger partial charge on any atom is 0.339 e. The largest absolute Gasteiger partial charge is 0.507 e. The van der Waals surface area contributed by atoms with E-state index in [4.69, 9.17) is 10.2 Å². The topological polar surface area (TPSA) is 94.8 Å². The van der Waals surface area contributed by atoms with Crippen molar-refractivity contribution in [1.82, 2.24) is 0 Å². The molecule has 3 N–H and O–H groups in total. The number of hydrogen-bond acceptors (Lipinski definition) is 3. The van der Waals surface area contributed by atoms with Crippen LogP contribution in [0.2, 0.25) is 0 Å². The second-order valence-corrected chi connectivity index (χ2v) is 3.20. The zero-order valence-corrected chi connectivity index (χ0v) is 8.24. The van der Waals surface area contributed by atoms with Gasteiger partial charge < -0.3 is 15.3 Å². The number of aryl methyl sites for hydroxylation is 1. The van der Waals surface area contributed by atoms with E-state index in [9.17, 15) is 14.7 Å². The van der Waals surface area contributed by atoms with Crippen LogP contribution in [0.5, 0.6) is 5.75 Å². The number of aromatic carboxylic acids is 2. The summed E-state index contributed by atoms with van der Waals surface area (Å²) in [6.45, 7) is 2.81. The lowest BCUT2D eigenvalue weighted by Crippen LogP contribution is -2.07. The molecule has 0 heterocycles. The molecular weight excluding hydrogens is 200 g/mol. The van der Waals surface area contributed by atoms with Crippen LogP contribution >= 0.6 is 0 Å². The standard InChI is InChI=1S/C10H10O5/c1-4-3-6(9(12)13)5(2)8(11)7(4)10(14)15/h3,11H,1-2H3,(H,12,13)(H,14,15). The Morgan fingerprint density at radius 3 is 2.07 bits per heavy atom. The monoisotopic (exact) mass is 210 g/mol. The summed E-state index contributed by atoms with van der Waals surface area (Å²) in [4.78, 5) is 21.5. The summed E-state index contributed by atoms with van der Waals surface area (Å²) < 4.78 is 0. The van der Waals surface area contributed by atoms with Crippen molar-refractivity contribution in [3.63, 3.8) is 0 Å². The minimum absolute atomic E-state index is 0.0606. The predicted molar refractivity (Wildman–Crippen MR) is 51.5 cm³/mol. The number of phenols is 1. The summed E-state index contributed by atoms with van der Waals surface area (Å²) in [5.41, 5.74) is -0.0546. The van der Waals surface area contributed by atoms with Gasteiger partial charge in [-0.2, -0.15) is 0 Å². The molecule has 1 aromatic carbocycles. The highest BCUT2D eigenvalue weighted by Gasteiger charge is 2.20. The van der Waals surface area contributed by atoms with E-state index >= 15 is 0 Å². The van der Waals surface area contributed by atoms with E-state index in [1.807, 2.05) is 0 Å². The van der Waals surface area contributed by atoms with Gasteiger partial charge in [-0.1, -0.05) is 0 Å². The number of carbonyl (C=O) groups is 2. The molecule has 0 radical (unpaired) electrons. The first-order chi connectivity index (χ1) is 6.86. The molecule has 1 rings (SSSR count). The normalized spacial score (nSPS) is 10.0. The van der Waals surface area contributed by atoms with Crippen molar-refractivity contribution in [3.05, 3.63) is 28.3 Å². The van der Waals surface area contributed by atoms with Crippen LogP contribution in [-0.2, 0) is 0 Å². The average molecular weight is 210 g/mol. The first-order valence-electron chi connectivity index (χ1n) is 4.16. The molecule has 0 aromatic heterocycles. The zero-order chi connectivity index (χ0) is 11.7. The second-order valence-electron chi connectivity index (χ2n) is 3.20. The Balaban J connectivity index is 3.58. The van der Waals surface area contributed by atoms with Gasteiger partial charge in [-0.25, -0.2) is 9.59 Å². The van der Waals surface area contributed by atoms with Gasteiger partial charge in [-0.3, -0.25) is 0 Å². The first-order valence-corrected chi connectivity index (χ1v) is 4.16. The molecule has 1 aromatic rings. The van der Waals surface area contributed by atoms with Gasteiger partial charge >= 0.3 is 11.9 Å². The molecule has 0 aliphatic heterocycles. The number of benzene rings is 1. The molecule has 0 saturated carbocycles. The molecule has 0 spiro atoms. The Hall–Kier alpha value is -2.04. The third-order valence-corrected chi connectivity index (χ3v) is 2.20. The second kappa shape index (κ2) is 3.61. The summed E-state index contributed by atoms with van der Waals surface area (Å²) in [5.74, 6) is -2.95. The van der Waals surface area contributed by atoms with E-state index in [1.54, 1.807) is 0 Å². The van der Waals surface area contributed by atoms with Crippen LogP contribution in [0.25, 0.3) is 0 Å². The molecule has 0 aliphatic carbocycles.